The molecule has 4 heteroatoms. The van der Waals surface area contributed by atoms with E-state index in [2.05, 4.69) is 22.2 Å². The predicted octanol–water partition coefficient (Wildman–Crippen LogP) is -1.19. The summed E-state index contributed by atoms with van der Waals surface area (Å²) in [5, 5.41) is 12.5. The van der Waals surface area contributed by atoms with Crippen LogP contribution in [-0.2, 0) is 0 Å². The Balaban J connectivity index is 2.14. The van der Waals surface area contributed by atoms with Crippen molar-refractivity contribution >= 4 is 0 Å². The third kappa shape index (κ3) is 4.04. The lowest BCUT2D eigenvalue weighted by Crippen LogP contribution is -2.48. The smallest absolute Gasteiger partial charge is 0.0791 e. The molecule has 13 heavy (non-hydrogen) atoms. The van der Waals surface area contributed by atoms with Gasteiger partial charge < -0.3 is 15.3 Å². The van der Waals surface area contributed by atoms with Crippen molar-refractivity contribution in [3.63, 3.8) is 0 Å². The lowest BCUT2D eigenvalue weighted by Gasteiger charge is -2.33. The number of hydrogen-bond donors (Lipinski definition) is 2. The van der Waals surface area contributed by atoms with E-state index >= 15 is 0 Å². The Morgan fingerprint density at radius 3 is 2.46 bits per heavy atom. The Morgan fingerprint density at radius 1 is 1.31 bits per heavy atom. The van der Waals surface area contributed by atoms with Crippen LogP contribution >= 0.6 is 0 Å². The quantitative estimate of drug-likeness (QED) is 0.581. The molecule has 1 saturated heterocycles. The van der Waals surface area contributed by atoms with E-state index in [4.69, 9.17) is 0 Å². The summed E-state index contributed by atoms with van der Waals surface area (Å²) in [6.07, 6.45) is -0.228. The molecule has 0 radical (unpaired) electrons. The molecular formula is C9H21N3O. The molecule has 0 saturated carbocycles. The van der Waals surface area contributed by atoms with Crippen molar-refractivity contribution in [3.05, 3.63) is 0 Å². The summed E-state index contributed by atoms with van der Waals surface area (Å²) in [6, 6.07) is 0. The molecule has 1 aliphatic rings. The zero-order valence-corrected chi connectivity index (χ0v) is 8.66. The van der Waals surface area contributed by atoms with Crippen molar-refractivity contribution in [1.29, 1.82) is 0 Å². The highest BCUT2D eigenvalue weighted by molar-refractivity contribution is 4.72. The van der Waals surface area contributed by atoms with E-state index in [-0.39, 0.29) is 6.10 Å². The molecule has 1 heterocycles. The zero-order valence-electron chi connectivity index (χ0n) is 8.66. The van der Waals surface area contributed by atoms with Gasteiger partial charge in [-0.15, -0.1) is 0 Å². The number of β-amino-alcohol motifs (C(OH)–C–C–N with tert-alkyl or cyclic N) is 1. The van der Waals surface area contributed by atoms with Crippen LogP contribution in [0.1, 0.15) is 0 Å². The lowest BCUT2D eigenvalue weighted by molar-refractivity contribution is 0.0813. The molecule has 2 N–H and O–H groups in total. The second-order valence-electron chi connectivity index (χ2n) is 3.82. The van der Waals surface area contributed by atoms with Crippen molar-refractivity contribution < 1.29 is 5.11 Å². The molecule has 0 aromatic heterocycles. The number of aliphatic hydroxyl groups is 1. The van der Waals surface area contributed by atoms with E-state index in [0.717, 1.165) is 32.7 Å². The predicted molar refractivity (Wildman–Crippen MR) is 53.9 cm³/mol. The largest absolute Gasteiger partial charge is 0.390 e. The molecule has 1 fully saturated rings. The summed E-state index contributed by atoms with van der Waals surface area (Å²) < 4.78 is 0. The van der Waals surface area contributed by atoms with Gasteiger partial charge in [0.25, 0.3) is 0 Å². The van der Waals surface area contributed by atoms with Gasteiger partial charge in [0, 0.05) is 39.3 Å². The average molecular weight is 187 g/mol. The second kappa shape index (κ2) is 5.54. The van der Waals surface area contributed by atoms with E-state index < -0.39 is 0 Å². The number of nitrogens with one attached hydrogen (secondary N) is 1. The minimum absolute atomic E-state index is 0.228. The van der Waals surface area contributed by atoms with Gasteiger partial charge in [0.2, 0.25) is 0 Å². The van der Waals surface area contributed by atoms with Gasteiger partial charge in [-0.05, 0) is 14.1 Å². The first-order valence-corrected chi connectivity index (χ1v) is 4.96. The van der Waals surface area contributed by atoms with Gasteiger partial charge in [-0.3, -0.25) is 4.90 Å². The molecule has 1 rings (SSSR count). The van der Waals surface area contributed by atoms with Crippen LogP contribution in [0.2, 0.25) is 0 Å². The van der Waals surface area contributed by atoms with Gasteiger partial charge in [0.1, 0.15) is 0 Å². The molecule has 0 unspecified atom stereocenters. The molecular weight excluding hydrogens is 166 g/mol. The number of rotatable bonds is 4. The number of hydrogen-bond acceptors (Lipinski definition) is 4. The Labute approximate surface area is 80.5 Å². The Kier molecular flexibility index (Phi) is 4.66. The number of nitrogens with zero attached hydrogens (tertiary/aromatic N) is 2. The van der Waals surface area contributed by atoms with E-state index in [1.807, 2.05) is 7.05 Å². The van der Waals surface area contributed by atoms with Crippen molar-refractivity contribution in [1.82, 2.24) is 15.1 Å². The highest BCUT2D eigenvalue weighted by atomic mass is 16.3. The normalized spacial score (nSPS) is 23.3. The summed E-state index contributed by atoms with van der Waals surface area (Å²) in [7, 11) is 4.01. The minimum atomic E-state index is -0.228. The topological polar surface area (TPSA) is 38.7 Å². The number of piperazine rings is 1. The third-order valence-electron chi connectivity index (χ3n) is 2.50. The average Bonchev–Trinajstić information content (AvgIpc) is 2.09. The molecule has 0 bridgehead atoms. The second-order valence-corrected chi connectivity index (χ2v) is 3.82. The Bertz CT molecular complexity index is 135. The van der Waals surface area contributed by atoms with E-state index in [9.17, 15) is 5.11 Å². The Morgan fingerprint density at radius 2 is 1.92 bits per heavy atom. The van der Waals surface area contributed by atoms with Gasteiger partial charge >= 0.3 is 0 Å². The standard InChI is InChI=1S/C9H21N3O/c1-10-7-9(13)8-12-5-3-11(2)4-6-12/h9-10,13H,3-8H2,1-2H3/t9-/m1/s1. The maximum absolute atomic E-state index is 9.55. The van der Waals surface area contributed by atoms with Crippen LogP contribution in [0.5, 0.6) is 0 Å². The zero-order chi connectivity index (χ0) is 9.68. The fourth-order valence-corrected chi connectivity index (χ4v) is 1.63. The first-order chi connectivity index (χ1) is 6.22. The lowest BCUT2D eigenvalue weighted by atomic mass is 10.2. The molecule has 0 aromatic carbocycles. The molecule has 0 aromatic rings. The van der Waals surface area contributed by atoms with Gasteiger partial charge in [-0.2, -0.15) is 0 Å². The summed E-state index contributed by atoms with van der Waals surface area (Å²) in [5.74, 6) is 0. The molecule has 1 atom stereocenters. The van der Waals surface area contributed by atoms with E-state index in [1.54, 1.807) is 0 Å². The Hall–Kier alpha value is -0.160. The van der Waals surface area contributed by atoms with Crippen LogP contribution in [0.15, 0.2) is 0 Å². The molecule has 78 valence electrons. The monoisotopic (exact) mass is 187 g/mol. The maximum atomic E-state index is 9.55. The van der Waals surface area contributed by atoms with Crippen LogP contribution < -0.4 is 5.32 Å². The fraction of sp³-hybridized carbons (Fsp3) is 1.00. The molecule has 1 aliphatic heterocycles. The van der Waals surface area contributed by atoms with Crippen molar-refractivity contribution in [2.75, 3.05) is 53.4 Å². The summed E-state index contributed by atoms with van der Waals surface area (Å²) in [4.78, 5) is 4.64. The highest BCUT2D eigenvalue weighted by Gasteiger charge is 2.16. The highest BCUT2D eigenvalue weighted by Crippen LogP contribution is 1.99. The maximum Gasteiger partial charge on any atom is 0.0791 e. The molecule has 0 aliphatic carbocycles. The summed E-state index contributed by atoms with van der Waals surface area (Å²) >= 11 is 0. The van der Waals surface area contributed by atoms with Crippen LogP contribution in [0.4, 0.5) is 0 Å². The van der Waals surface area contributed by atoms with Crippen molar-refractivity contribution in [3.8, 4) is 0 Å². The van der Waals surface area contributed by atoms with Gasteiger partial charge in [-0.1, -0.05) is 0 Å². The summed E-state index contributed by atoms with van der Waals surface area (Å²) in [6.45, 7) is 5.88. The molecule has 0 amide bonds. The summed E-state index contributed by atoms with van der Waals surface area (Å²) in [5.41, 5.74) is 0. The van der Waals surface area contributed by atoms with E-state index in [0.29, 0.717) is 6.54 Å². The van der Waals surface area contributed by atoms with Crippen molar-refractivity contribution in [2.24, 2.45) is 0 Å². The van der Waals surface area contributed by atoms with Crippen LogP contribution in [0.25, 0.3) is 0 Å². The van der Waals surface area contributed by atoms with Crippen LogP contribution in [0.3, 0.4) is 0 Å². The number of aliphatic hydroxyl groups excluding tert-OH is 1. The minimum Gasteiger partial charge on any atom is -0.390 e. The van der Waals surface area contributed by atoms with Gasteiger partial charge in [-0.25, -0.2) is 0 Å². The fourth-order valence-electron chi connectivity index (χ4n) is 1.63. The molecule has 0 spiro atoms. The molecule has 4 nitrogen and oxygen atoms in total. The number of likely N-dealkylation sites (N-methyl/N-ethyl adjacent to an activating group) is 2. The van der Waals surface area contributed by atoms with Crippen LogP contribution in [0, 0.1) is 0 Å². The SMILES string of the molecule is CNC[C@@H](O)CN1CCN(C)CC1. The van der Waals surface area contributed by atoms with E-state index in [1.165, 1.54) is 0 Å². The third-order valence-corrected chi connectivity index (χ3v) is 2.50. The van der Waals surface area contributed by atoms with Crippen molar-refractivity contribution in [2.45, 2.75) is 6.10 Å². The first-order valence-electron chi connectivity index (χ1n) is 4.96. The van der Waals surface area contributed by atoms with Gasteiger partial charge in [0.05, 0.1) is 6.10 Å². The first kappa shape index (κ1) is 10.9. The van der Waals surface area contributed by atoms with Crippen LogP contribution in [-0.4, -0.2) is 74.4 Å². The van der Waals surface area contributed by atoms with Gasteiger partial charge in [0.15, 0.2) is 0 Å².